The van der Waals surface area contributed by atoms with E-state index in [0.29, 0.717) is 22.1 Å². The molecule has 1 heterocycles. The van der Waals surface area contributed by atoms with Gasteiger partial charge in [-0.2, -0.15) is 5.10 Å². The zero-order chi connectivity index (χ0) is 12.6. The average molecular weight is 302 g/mol. The minimum absolute atomic E-state index is 0.327. The van der Waals surface area contributed by atoms with Gasteiger partial charge in [-0.1, -0.05) is 6.92 Å². The predicted molar refractivity (Wildman–Crippen MR) is 65.0 cm³/mol. The largest absolute Gasteiger partial charge is 0.480 e. The lowest BCUT2D eigenvalue weighted by molar-refractivity contribution is -0.138. The Balaban J connectivity index is 2.22. The highest BCUT2D eigenvalue weighted by Gasteiger charge is 2.33. The monoisotopic (exact) mass is 301 g/mol. The summed E-state index contributed by atoms with van der Waals surface area (Å²) in [4.78, 5) is 22.3. The fraction of sp³-hybridized carbons (Fsp3) is 0.500. The number of rotatable bonds is 4. The molecular weight excluding hydrogens is 290 g/mol. The Morgan fingerprint density at radius 3 is 2.94 bits per heavy atom. The molecule has 0 amide bonds. The average Bonchev–Trinajstić information content (AvgIpc) is 2.94. The molecule has 2 rings (SSSR count). The fourth-order valence-corrected chi connectivity index (χ4v) is 1.95. The number of carboxylic acids is 1. The molecule has 1 fully saturated rings. The van der Waals surface area contributed by atoms with Gasteiger partial charge in [0.2, 0.25) is 0 Å². The van der Waals surface area contributed by atoms with Gasteiger partial charge in [0.25, 0.3) is 5.56 Å². The first kappa shape index (κ1) is 12.1. The van der Waals surface area contributed by atoms with Gasteiger partial charge in [-0.15, -0.1) is 0 Å². The van der Waals surface area contributed by atoms with Gasteiger partial charge < -0.3 is 10.4 Å². The molecule has 0 aliphatic heterocycles. The van der Waals surface area contributed by atoms with Crippen LogP contribution in [0.25, 0.3) is 0 Å². The summed E-state index contributed by atoms with van der Waals surface area (Å²) in [6.45, 7) is 1.68. The fourth-order valence-electron chi connectivity index (χ4n) is 1.53. The minimum atomic E-state index is -1.09. The number of carbonyl (C=O) groups is 1. The van der Waals surface area contributed by atoms with E-state index in [1.165, 1.54) is 6.20 Å². The Labute approximate surface area is 106 Å². The highest BCUT2D eigenvalue weighted by atomic mass is 79.9. The summed E-state index contributed by atoms with van der Waals surface area (Å²) in [7, 11) is 0. The normalized spacial score (nSPS) is 22.2. The van der Waals surface area contributed by atoms with Crippen LogP contribution in [0.1, 0.15) is 13.3 Å². The Kier molecular flexibility index (Phi) is 3.19. The molecule has 6 nitrogen and oxygen atoms in total. The zero-order valence-corrected chi connectivity index (χ0v) is 10.8. The Hall–Kier alpha value is -1.37. The lowest BCUT2D eigenvalue weighted by Crippen LogP contribution is -2.28. The summed E-state index contributed by atoms with van der Waals surface area (Å²) in [5.74, 6) is -0.494. The van der Waals surface area contributed by atoms with Gasteiger partial charge in [0.15, 0.2) is 0 Å². The van der Waals surface area contributed by atoms with Crippen molar-refractivity contribution in [3.8, 4) is 0 Å². The molecule has 1 aliphatic carbocycles. The van der Waals surface area contributed by atoms with Crippen molar-refractivity contribution in [1.29, 1.82) is 0 Å². The van der Waals surface area contributed by atoms with Gasteiger partial charge in [-0.05, 0) is 28.3 Å². The summed E-state index contributed by atoms with van der Waals surface area (Å²) in [6.07, 6.45) is 2.55. The van der Waals surface area contributed by atoms with Crippen LogP contribution >= 0.6 is 15.9 Å². The van der Waals surface area contributed by atoms with Crippen LogP contribution in [0.2, 0.25) is 0 Å². The van der Waals surface area contributed by atoms with E-state index < -0.39 is 18.1 Å². The number of hydrogen-bond donors (Lipinski definition) is 2. The van der Waals surface area contributed by atoms with Crippen molar-refractivity contribution in [2.75, 3.05) is 5.32 Å². The highest BCUT2D eigenvalue weighted by Crippen LogP contribution is 2.33. The second-order valence-electron chi connectivity index (χ2n) is 4.19. The van der Waals surface area contributed by atoms with E-state index in [9.17, 15) is 9.59 Å². The van der Waals surface area contributed by atoms with Gasteiger partial charge in [0.05, 0.1) is 11.9 Å². The summed E-state index contributed by atoms with van der Waals surface area (Å²) in [5.41, 5.74) is 0.177. The molecule has 0 saturated heterocycles. The summed E-state index contributed by atoms with van der Waals surface area (Å²) < 4.78 is 1.24. The van der Waals surface area contributed by atoms with Crippen LogP contribution in [0.4, 0.5) is 5.69 Å². The maximum absolute atomic E-state index is 11.8. The minimum Gasteiger partial charge on any atom is -0.480 e. The highest BCUT2D eigenvalue weighted by molar-refractivity contribution is 9.10. The second kappa shape index (κ2) is 4.48. The number of anilines is 1. The lowest BCUT2D eigenvalue weighted by Gasteiger charge is -2.08. The molecule has 1 aromatic rings. The van der Waals surface area contributed by atoms with Gasteiger partial charge in [0, 0.05) is 6.04 Å². The molecule has 2 N–H and O–H groups in total. The summed E-state index contributed by atoms with van der Waals surface area (Å²) in [6, 6.07) is 0.378. The molecule has 0 unspecified atom stereocenters. The van der Waals surface area contributed by atoms with Crippen LogP contribution < -0.4 is 10.9 Å². The summed E-state index contributed by atoms with van der Waals surface area (Å²) in [5, 5.41) is 15.6. The molecule has 0 spiro atoms. The number of hydrogen-bond acceptors (Lipinski definition) is 4. The van der Waals surface area contributed by atoms with Gasteiger partial charge >= 0.3 is 5.97 Å². The van der Waals surface area contributed by atoms with E-state index in [1.54, 1.807) is 0 Å². The molecular formula is C10H12BrN3O3. The van der Waals surface area contributed by atoms with Crippen LogP contribution in [0, 0.1) is 5.92 Å². The van der Waals surface area contributed by atoms with E-state index in [1.807, 2.05) is 0 Å². The number of aliphatic carboxylic acids is 1. The molecule has 2 atom stereocenters. The van der Waals surface area contributed by atoms with Gasteiger partial charge in [-0.25, -0.2) is 4.68 Å². The van der Waals surface area contributed by atoms with Crippen LogP contribution in [0.15, 0.2) is 15.5 Å². The Morgan fingerprint density at radius 2 is 2.41 bits per heavy atom. The Bertz CT molecular complexity index is 514. The number of halogens is 1. The lowest BCUT2D eigenvalue weighted by atomic mass is 10.4. The van der Waals surface area contributed by atoms with E-state index in [4.69, 9.17) is 5.11 Å². The van der Waals surface area contributed by atoms with Crippen molar-refractivity contribution in [2.45, 2.75) is 25.9 Å². The first-order valence-electron chi connectivity index (χ1n) is 5.23. The van der Waals surface area contributed by atoms with E-state index in [2.05, 4.69) is 33.3 Å². The Morgan fingerprint density at radius 1 is 1.76 bits per heavy atom. The van der Waals surface area contributed by atoms with Crippen molar-refractivity contribution < 1.29 is 9.90 Å². The third kappa shape index (κ3) is 2.66. The molecule has 7 heteroatoms. The molecule has 1 saturated carbocycles. The third-order valence-corrected chi connectivity index (χ3v) is 3.49. The molecule has 17 heavy (non-hydrogen) atoms. The maximum atomic E-state index is 11.8. The number of nitrogens with one attached hydrogen (secondary N) is 1. The van der Waals surface area contributed by atoms with Crippen molar-refractivity contribution in [2.24, 2.45) is 5.92 Å². The first-order valence-corrected chi connectivity index (χ1v) is 6.02. The number of nitrogens with zero attached hydrogens (tertiary/aromatic N) is 2. The SMILES string of the molecule is C[C@@H]1C[C@H]1Nc1cnn(CC(=O)O)c(=O)c1Br. The second-order valence-corrected chi connectivity index (χ2v) is 4.99. The number of aromatic nitrogens is 2. The maximum Gasteiger partial charge on any atom is 0.325 e. The van der Waals surface area contributed by atoms with E-state index in [0.717, 1.165) is 11.1 Å². The quantitative estimate of drug-likeness (QED) is 0.863. The summed E-state index contributed by atoms with van der Waals surface area (Å²) >= 11 is 3.17. The van der Waals surface area contributed by atoms with Crippen molar-refractivity contribution in [1.82, 2.24) is 9.78 Å². The number of carboxylic acid groups (broad SMARTS) is 1. The molecule has 0 aromatic carbocycles. The zero-order valence-electron chi connectivity index (χ0n) is 9.18. The van der Waals surface area contributed by atoms with Crippen molar-refractivity contribution in [3.05, 3.63) is 21.0 Å². The van der Waals surface area contributed by atoms with E-state index >= 15 is 0 Å². The van der Waals surface area contributed by atoms with Crippen molar-refractivity contribution >= 4 is 27.6 Å². The van der Waals surface area contributed by atoms with Crippen LogP contribution in [-0.2, 0) is 11.3 Å². The molecule has 0 radical (unpaired) electrons. The van der Waals surface area contributed by atoms with Crippen LogP contribution in [-0.4, -0.2) is 26.9 Å². The third-order valence-electron chi connectivity index (χ3n) is 2.72. The molecule has 1 aliphatic rings. The van der Waals surface area contributed by atoms with E-state index in [-0.39, 0.29) is 0 Å². The molecule has 1 aromatic heterocycles. The van der Waals surface area contributed by atoms with Gasteiger partial charge in [0.1, 0.15) is 11.0 Å². The molecule has 92 valence electrons. The van der Waals surface area contributed by atoms with Crippen LogP contribution in [0.5, 0.6) is 0 Å². The first-order chi connectivity index (χ1) is 7.99. The van der Waals surface area contributed by atoms with Gasteiger partial charge in [-0.3, -0.25) is 9.59 Å². The standard InChI is InChI=1S/C10H12BrN3O3/c1-5-2-6(5)13-7-3-12-14(4-8(15)16)10(17)9(7)11/h3,5-6,13H,2,4H2,1H3,(H,15,16)/t5-,6-/m1/s1. The topological polar surface area (TPSA) is 84.2 Å². The molecule has 0 bridgehead atoms. The van der Waals surface area contributed by atoms with Crippen LogP contribution in [0.3, 0.4) is 0 Å². The van der Waals surface area contributed by atoms with Crippen molar-refractivity contribution in [3.63, 3.8) is 0 Å². The predicted octanol–water partition coefficient (Wildman–Crippen LogP) is 0.911. The smallest absolute Gasteiger partial charge is 0.325 e.